The molecule has 1 heterocycles. The van der Waals surface area contributed by atoms with E-state index < -0.39 is 6.04 Å². The molecule has 2 aromatic rings. The Morgan fingerprint density at radius 3 is 2.55 bits per heavy atom. The van der Waals surface area contributed by atoms with Crippen molar-refractivity contribution in [3.8, 4) is 17.6 Å². The second kappa shape index (κ2) is 13.4. The Morgan fingerprint density at radius 1 is 1.21 bits per heavy atom. The molecule has 3 rings (SSSR count). The smallest absolute Gasteiger partial charge is 0.246 e. The van der Waals surface area contributed by atoms with E-state index in [1.165, 1.54) is 11.0 Å². The number of nitrogens with zero attached hydrogens (tertiary/aromatic N) is 4. The Kier molecular flexibility index (Phi) is 10.1. The number of carbonyl (C=O) groups excluding carboxylic acids is 2. The van der Waals surface area contributed by atoms with Crippen molar-refractivity contribution in [3.63, 3.8) is 0 Å². The zero-order valence-corrected chi connectivity index (χ0v) is 22.9. The van der Waals surface area contributed by atoms with Crippen LogP contribution in [0.1, 0.15) is 25.3 Å². The number of carbonyl (C=O) groups is 2. The molecule has 1 aliphatic rings. The lowest BCUT2D eigenvalue weighted by molar-refractivity contribution is -0.135. The molecular formula is C28H37N7O3. The first-order valence-corrected chi connectivity index (χ1v) is 12.6. The summed E-state index contributed by atoms with van der Waals surface area (Å²) < 4.78 is 5.22. The number of rotatable bonds is 10. The van der Waals surface area contributed by atoms with Crippen molar-refractivity contribution in [2.45, 2.75) is 31.8 Å². The van der Waals surface area contributed by atoms with E-state index in [9.17, 15) is 9.59 Å². The third-order valence-electron chi connectivity index (χ3n) is 6.30. The zero-order valence-electron chi connectivity index (χ0n) is 22.9. The number of ether oxygens (including phenoxy) is 1. The summed E-state index contributed by atoms with van der Waals surface area (Å²) in [6.07, 6.45) is 6.49. The summed E-state index contributed by atoms with van der Waals surface area (Å²) in [6, 6.07) is 7.02. The van der Waals surface area contributed by atoms with Crippen molar-refractivity contribution in [1.82, 2.24) is 25.1 Å². The lowest BCUT2D eigenvalue weighted by Crippen LogP contribution is -2.51. The predicted octanol–water partition coefficient (Wildman–Crippen LogP) is 2.48. The maximum absolute atomic E-state index is 12.7. The molecule has 202 valence electrons. The van der Waals surface area contributed by atoms with Crippen LogP contribution in [0.4, 0.5) is 17.5 Å². The van der Waals surface area contributed by atoms with Gasteiger partial charge < -0.3 is 30.5 Å². The van der Waals surface area contributed by atoms with E-state index >= 15 is 0 Å². The monoisotopic (exact) mass is 519 g/mol. The van der Waals surface area contributed by atoms with Gasteiger partial charge in [0.1, 0.15) is 11.8 Å². The molecular weight excluding hydrogens is 482 g/mol. The van der Waals surface area contributed by atoms with Crippen LogP contribution < -0.4 is 20.7 Å². The molecule has 0 unspecified atom stereocenters. The number of likely N-dealkylation sites (N-methyl/N-ethyl adjacent to an activating group) is 2. The second-order valence-electron chi connectivity index (χ2n) is 9.49. The lowest BCUT2D eigenvalue weighted by Gasteiger charge is -2.34. The van der Waals surface area contributed by atoms with E-state index in [2.05, 4.69) is 37.8 Å². The molecule has 10 nitrogen and oxygen atoms in total. The summed E-state index contributed by atoms with van der Waals surface area (Å²) in [5, 5.41) is 9.28. The number of aromatic nitrogens is 2. The van der Waals surface area contributed by atoms with Crippen LogP contribution in [0.15, 0.2) is 42.6 Å². The minimum Gasteiger partial charge on any atom is -0.497 e. The van der Waals surface area contributed by atoms with Gasteiger partial charge in [0.05, 0.1) is 18.9 Å². The Hall–Kier alpha value is -4.10. The summed E-state index contributed by atoms with van der Waals surface area (Å²) in [6.45, 7) is 2.39. The van der Waals surface area contributed by atoms with Crippen LogP contribution >= 0.6 is 0 Å². The normalized spacial score (nSPS) is 17.1. The SMILES string of the molecule is CNc1ncc(C#C[C@H]2C[C@@H](NC(=O)[C@H](C)N(C)C(=O)/C=C/CN(C)C)C2)c(Nc2ccc(OC)cc2)n1. The van der Waals surface area contributed by atoms with E-state index in [4.69, 9.17) is 4.74 Å². The van der Waals surface area contributed by atoms with Gasteiger partial charge in [0.15, 0.2) is 5.82 Å². The van der Waals surface area contributed by atoms with Gasteiger partial charge in [-0.2, -0.15) is 4.98 Å². The van der Waals surface area contributed by atoms with Gasteiger partial charge in [-0.1, -0.05) is 17.9 Å². The Morgan fingerprint density at radius 2 is 1.92 bits per heavy atom. The topological polar surface area (TPSA) is 112 Å². The fraction of sp³-hybridized carbons (Fsp3) is 0.429. The first kappa shape index (κ1) is 28.5. The molecule has 0 aliphatic heterocycles. The number of anilines is 3. The summed E-state index contributed by atoms with van der Waals surface area (Å²) >= 11 is 0. The van der Waals surface area contributed by atoms with E-state index in [0.717, 1.165) is 24.3 Å². The van der Waals surface area contributed by atoms with Crippen LogP contribution in [0, 0.1) is 17.8 Å². The fourth-order valence-corrected chi connectivity index (χ4v) is 3.70. The maximum atomic E-state index is 12.7. The molecule has 1 atom stereocenters. The van der Waals surface area contributed by atoms with Crippen LogP contribution in [-0.4, -0.2) is 85.5 Å². The summed E-state index contributed by atoms with van der Waals surface area (Å²) in [5.74, 6) is 8.14. The third-order valence-corrected chi connectivity index (χ3v) is 6.30. The van der Waals surface area contributed by atoms with Crippen molar-refractivity contribution in [3.05, 3.63) is 48.2 Å². The van der Waals surface area contributed by atoms with Gasteiger partial charge in [0, 0.05) is 44.4 Å². The van der Waals surface area contributed by atoms with Crippen molar-refractivity contribution < 1.29 is 14.3 Å². The predicted molar refractivity (Wildman–Crippen MR) is 149 cm³/mol. The number of methoxy groups -OCH3 is 1. The minimum atomic E-state index is -0.564. The largest absolute Gasteiger partial charge is 0.497 e. The Balaban J connectivity index is 1.55. The molecule has 1 aliphatic carbocycles. The van der Waals surface area contributed by atoms with E-state index in [1.54, 1.807) is 40.4 Å². The fourth-order valence-electron chi connectivity index (χ4n) is 3.70. The molecule has 10 heteroatoms. The molecule has 1 saturated carbocycles. The quantitative estimate of drug-likeness (QED) is 0.324. The van der Waals surface area contributed by atoms with Crippen molar-refractivity contribution >= 4 is 29.3 Å². The molecule has 2 amide bonds. The molecule has 1 fully saturated rings. The second-order valence-corrected chi connectivity index (χ2v) is 9.49. The van der Waals surface area contributed by atoms with Gasteiger partial charge in [0.2, 0.25) is 17.8 Å². The summed E-state index contributed by atoms with van der Waals surface area (Å²) in [4.78, 5) is 37.2. The molecule has 38 heavy (non-hydrogen) atoms. The molecule has 1 aromatic carbocycles. The highest BCUT2D eigenvalue weighted by Crippen LogP contribution is 2.27. The van der Waals surface area contributed by atoms with E-state index in [-0.39, 0.29) is 23.8 Å². The van der Waals surface area contributed by atoms with Gasteiger partial charge in [-0.25, -0.2) is 4.98 Å². The highest BCUT2D eigenvalue weighted by Gasteiger charge is 2.31. The molecule has 0 saturated heterocycles. The van der Waals surface area contributed by atoms with Crippen LogP contribution in [0.2, 0.25) is 0 Å². The van der Waals surface area contributed by atoms with Gasteiger partial charge in [-0.15, -0.1) is 0 Å². The summed E-state index contributed by atoms with van der Waals surface area (Å²) in [5.41, 5.74) is 1.54. The van der Waals surface area contributed by atoms with Crippen molar-refractivity contribution in [1.29, 1.82) is 0 Å². The Bertz CT molecular complexity index is 1200. The molecule has 0 radical (unpaired) electrons. The maximum Gasteiger partial charge on any atom is 0.246 e. The van der Waals surface area contributed by atoms with Crippen LogP contribution in [-0.2, 0) is 9.59 Å². The van der Waals surface area contributed by atoms with Crippen LogP contribution in [0.5, 0.6) is 5.75 Å². The van der Waals surface area contributed by atoms with E-state index in [0.29, 0.717) is 23.9 Å². The van der Waals surface area contributed by atoms with Gasteiger partial charge in [-0.3, -0.25) is 9.59 Å². The molecule has 3 N–H and O–H groups in total. The average molecular weight is 520 g/mol. The van der Waals surface area contributed by atoms with Crippen LogP contribution in [0.25, 0.3) is 0 Å². The highest BCUT2D eigenvalue weighted by atomic mass is 16.5. The average Bonchev–Trinajstić information content (AvgIpc) is 2.89. The van der Waals surface area contributed by atoms with E-state index in [1.807, 2.05) is 43.3 Å². The number of nitrogens with one attached hydrogen (secondary N) is 3. The minimum absolute atomic E-state index is 0.0387. The standard InChI is InChI=1S/C28H37N7O3/c1-19(35(5)25(36)8-7-15-34(3)4)27(37)32-23-16-20(17-23)9-10-21-18-30-28(29-2)33-26(21)31-22-11-13-24(38-6)14-12-22/h7-8,11-14,18-20,23H,15-17H2,1-6H3,(H,32,37)(H2,29,30,31,33)/b8-7+/t19-,20-,23+/m0/s1. The first-order valence-electron chi connectivity index (χ1n) is 12.6. The highest BCUT2D eigenvalue weighted by molar-refractivity contribution is 5.92. The number of amides is 2. The van der Waals surface area contributed by atoms with Crippen LogP contribution in [0.3, 0.4) is 0 Å². The third kappa shape index (κ3) is 7.95. The van der Waals surface area contributed by atoms with Gasteiger partial charge in [0.25, 0.3) is 0 Å². The number of hydrogen-bond acceptors (Lipinski definition) is 8. The zero-order chi connectivity index (χ0) is 27.7. The Labute approximate surface area is 224 Å². The lowest BCUT2D eigenvalue weighted by atomic mass is 9.80. The molecule has 0 bridgehead atoms. The summed E-state index contributed by atoms with van der Waals surface area (Å²) in [7, 11) is 8.88. The molecule has 0 spiro atoms. The number of benzene rings is 1. The van der Waals surface area contributed by atoms with Gasteiger partial charge >= 0.3 is 0 Å². The van der Waals surface area contributed by atoms with Crippen molar-refractivity contribution in [2.75, 3.05) is 52.5 Å². The first-order chi connectivity index (χ1) is 18.2. The molecule has 1 aromatic heterocycles. The van der Waals surface area contributed by atoms with Gasteiger partial charge in [-0.05, 0) is 58.1 Å². The number of hydrogen-bond donors (Lipinski definition) is 3. The van der Waals surface area contributed by atoms with Crippen molar-refractivity contribution in [2.24, 2.45) is 5.92 Å².